The van der Waals surface area contributed by atoms with Crippen LogP contribution in [0.15, 0.2) is 34.2 Å². The van der Waals surface area contributed by atoms with E-state index < -0.39 is 10.0 Å². The van der Waals surface area contributed by atoms with Crippen LogP contribution in [0.25, 0.3) is 0 Å². The summed E-state index contributed by atoms with van der Waals surface area (Å²) in [5.41, 5.74) is 1.31. The Hall–Kier alpha value is -1.60. The number of sulfonamides is 1. The maximum Gasteiger partial charge on any atom is 0.240 e. The first-order valence-corrected chi connectivity index (χ1v) is 9.90. The summed E-state index contributed by atoms with van der Waals surface area (Å²) in [6, 6.07) is 6.90. The van der Waals surface area contributed by atoms with Gasteiger partial charge in [0.25, 0.3) is 0 Å². The lowest BCUT2D eigenvalue weighted by Crippen LogP contribution is -2.46. The lowest BCUT2D eigenvalue weighted by Gasteiger charge is -2.41. The molecule has 1 fully saturated rings. The van der Waals surface area contributed by atoms with Gasteiger partial charge in [0.05, 0.1) is 4.90 Å². The van der Waals surface area contributed by atoms with Crippen LogP contribution in [0, 0.1) is 5.41 Å². The molecule has 0 spiro atoms. The van der Waals surface area contributed by atoms with Crippen molar-refractivity contribution in [1.29, 1.82) is 0 Å². The van der Waals surface area contributed by atoms with Crippen LogP contribution in [0.4, 0.5) is 0 Å². The van der Waals surface area contributed by atoms with Crippen molar-refractivity contribution in [2.75, 3.05) is 20.6 Å². The van der Waals surface area contributed by atoms with Gasteiger partial charge >= 0.3 is 0 Å². The molecule has 0 bridgehead atoms. The molecule has 24 heavy (non-hydrogen) atoms. The van der Waals surface area contributed by atoms with Crippen LogP contribution in [0.2, 0.25) is 0 Å². The molecule has 0 amide bonds. The maximum absolute atomic E-state index is 11.9. The van der Waals surface area contributed by atoms with E-state index in [1.54, 1.807) is 25.2 Å². The third kappa shape index (κ3) is 4.48. The first-order valence-electron chi connectivity index (χ1n) is 8.42. The highest BCUT2D eigenvalue weighted by atomic mass is 32.2. The average Bonchev–Trinajstić information content (AvgIpc) is 2.57. The molecule has 1 aromatic carbocycles. The van der Waals surface area contributed by atoms with E-state index in [1.807, 2.05) is 6.07 Å². The van der Waals surface area contributed by atoms with Crippen LogP contribution >= 0.6 is 0 Å². The Morgan fingerprint density at radius 3 is 2.58 bits per heavy atom. The number of nitrogens with zero attached hydrogens (tertiary/aromatic N) is 1. The van der Waals surface area contributed by atoms with Crippen LogP contribution in [0.5, 0.6) is 0 Å². The van der Waals surface area contributed by atoms with Gasteiger partial charge < -0.3 is 10.6 Å². The normalized spacial score (nSPS) is 17.2. The van der Waals surface area contributed by atoms with Gasteiger partial charge in [-0.1, -0.05) is 25.5 Å². The summed E-state index contributed by atoms with van der Waals surface area (Å²) >= 11 is 0. The van der Waals surface area contributed by atoms with E-state index in [2.05, 4.69) is 27.3 Å². The molecule has 0 aromatic heterocycles. The van der Waals surface area contributed by atoms with Crippen molar-refractivity contribution in [3.63, 3.8) is 0 Å². The monoisotopic (exact) mass is 352 g/mol. The van der Waals surface area contributed by atoms with Gasteiger partial charge in [-0.15, -0.1) is 0 Å². The molecular weight excluding hydrogens is 324 g/mol. The van der Waals surface area contributed by atoms with Crippen molar-refractivity contribution in [2.45, 2.75) is 44.0 Å². The highest BCUT2D eigenvalue weighted by Gasteiger charge is 2.34. The van der Waals surface area contributed by atoms with Gasteiger partial charge in [-0.3, -0.25) is 4.99 Å². The molecule has 0 aliphatic heterocycles. The molecule has 0 radical (unpaired) electrons. The summed E-state index contributed by atoms with van der Waals surface area (Å²) in [7, 11) is -0.258. The van der Waals surface area contributed by atoms with Crippen LogP contribution < -0.4 is 15.4 Å². The van der Waals surface area contributed by atoms with Gasteiger partial charge in [-0.25, -0.2) is 13.1 Å². The molecule has 134 valence electrons. The summed E-state index contributed by atoms with van der Waals surface area (Å²) in [5.74, 6) is 0.747. The molecule has 1 aromatic rings. The summed E-state index contributed by atoms with van der Waals surface area (Å²) in [4.78, 5) is 4.52. The fourth-order valence-electron chi connectivity index (χ4n) is 2.95. The molecule has 3 N–H and O–H groups in total. The summed E-state index contributed by atoms with van der Waals surface area (Å²) < 4.78 is 26.1. The van der Waals surface area contributed by atoms with Crippen molar-refractivity contribution in [1.82, 2.24) is 15.4 Å². The molecule has 0 heterocycles. The minimum Gasteiger partial charge on any atom is -0.356 e. The summed E-state index contributed by atoms with van der Waals surface area (Å²) in [6.07, 6.45) is 5.05. The second kappa shape index (κ2) is 7.98. The second-order valence-corrected chi connectivity index (χ2v) is 8.23. The van der Waals surface area contributed by atoms with Crippen molar-refractivity contribution in [3.8, 4) is 0 Å². The third-order valence-electron chi connectivity index (χ3n) is 4.96. The van der Waals surface area contributed by atoms with Gasteiger partial charge in [-0.2, -0.15) is 0 Å². The third-order valence-corrected chi connectivity index (χ3v) is 6.37. The van der Waals surface area contributed by atoms with Gasteiger partial charge in [-0.05, 0) is 49.4 Å². The van der Waals surface area contributed by atoms with Crippen LogP contribution in [-0.2, 0) is 16.6 Å². The first kappa shape index (κ1) is 18.7. The zero-order chi connectivity index (χ0) is 17.6. The lowest BCUT2D eigenvalue weighted by molar-refractivity contribution is 0.131. The fraction of sp³-hybridized carbons (Fsp3) is 0.588. The molecule has 0 unspecified atom stereocenters. The van der Waals surface area contributed by atoms with Crippen molar-refractivity contribution >= 4 is 16.0 Å². The topological polar surface area (TPSA) is 82.6 Å². The number of nitrogens with one attached hydrogen (secondary N) is 3. The van der Waals surface area contributed by atoms with Crippen LogP contribution in [0.1, 0.15) is 38.2 Å². The second-order valence-electron chi connectivity index (χ2n) is 6.34. The number of hydrogen-bond acceptors (Lipinski definition) is 3. The SMILES string of the molecule is CCC1(CNC(=NC)NCc2cccc(S(=O)(=O)NC)c2)CCC1. The van der Waals surface area contributed by atoms with Crippen molar-refractivity contribution in [2.24, 2.45) is 10.4 Å². The van der Waals surface area contributed by atoms with Crippen LogP contribution in [0.3, 0.4) is 0 Å². The van der Waals surface area contributed by atoms with Crippen molar-refractivity contribution < 1.29 is 8.42 Å². The lowest BCUT2D eigenvalue weighted by atomic mass is 9.67. The Labute approximate surface area is 145 Å². The van der Waals surface area contributed by atoms with Crippen LogP contribution in [-0.4, -0.2) is 35.0 Å². The van der Waals surface area contributed by atoms with E-state index in [0.717, 1.165) is 18.1 Å². The molecule has 0 atom stereocenters. The highest BCUT2D eigenvalue weighted by molar-refractivity contribution is 7.89. The van der Waals surface area contributed by atoms with E-state index in [9.17, 15) is 8.42 Å². The molecule has 2 rings (SSSR count). The van der Waals surface area contributed by atoms with E-state index in [-0.39, 0.29) is 4.90 Å². The zero-order valence-electron chi connectivity index (χ0n) is 14.7. The Kier molecular flexibility index (Phi) is 6.23. The number of aliphatic imine (C=N–C) groups is 1. The first-order chi connectivity index (χ1) is 11.4. The van der Waals surface area contributed by atoms with Crippen molar-refractivity contribution in [3.05, 3.63) is 29.8 Å². The minimum atomic E-state index is -3.42. The van der Waals surface area contributed by atoms with E-state index in [0.29, 0.717) is 12.0 Å². The predicted molar refractivity (Wildman–Crippen MR) is 97.5 cm³/mol. The van der Waals surface area contributed by atoms with E-state index in [1.165, 1.54) is 32.7 Å². The Morgan fingerprint density at radius 2 is 2.04 bits per heavy atom. The highest BCUT2D eigenvalue weighted by Crippen LogP contribution is 2.42. The standard InChI is InChI=1S/C17H28N4O2S/c1-4-17(9-6-10-17)13-21-16(18-2)20-12-14-7-5-8-15(11-14)24(22,23)19-3/h5,7-8,11,19H,4,6,9-10,12-13H2,1-3H3,(H2,18,20,21). The largest absolute Gasteiger partial charge is 0.356 e. The number of rotatable bonds is 7. The van der Waals surface area contributed by atoms with E-state index >= 15 is 0 Å². The van der Waals surface area contributed by atoms with Gasteiger partial charge in [0.2, 0.25) is 10.0 Å². The average molecular weight is 353 g/mol. The van der Waals surface area contributed by atoms with Gasteiger partial charge in [0.1, 0.15) is 0 Å². The molecule has 1 aliphatic carbocycles. The Bertz CT molecular complexity index is 676. The number of hydrogen-bond donors (Lipinski definition) is 3. The molecule has 1 saturated carbocycles. The summed E-state index contributed by atoms with van der Waals surface area (Å²) in [5, 5.41) is 6.65. The van der Waals surface area contributed by atoms with Gasteiger partial charge in [0.15, 0.2) is 5.96 Å². The zero-order valence-corrected chi connectivity index (χ0v) is 15.5. The molecule has 6 nitrogen and oxygen atoms in total. The minimum absolute atomic E-state index is 0.270. The van der Waals surface area contributed by atoms with Gasteiger partial charge in [0, 0.05) is 20.1 Å². The predicted octanol–water partition coefficient (Wildman–Crippen LogP) is 1.84. The maximum atomic E-state index is 11.9. The smallest absolute Gasteiger partial charge is 0.240 e. The number of guanidine groups is 1. The summed E-state index contributed by atoms with van der Waals surface area (Å²) in [6.45, 7) is 3.69. The molecular formula is C17H28N4O2S. The molecule has 0 saturated heterocycles. The fourth-order valence-corrected chi connectivity index (χ4v) is 3.75. The van der Waals surface area contributed by atoms with E-state index in [4.69, 9.17) is 0 Å². The molecule has 1 aliphatic rings. The number of benzene rings is 1. The Balaban J connectivity index is 1.93. The quantitative estimate of drug-likeness (QED) is 0.516. The molecule has 7 heteroatoms. The Morgan fingerprint density at radius 1 is 1.29 bits per heavy atom.